The molecule has 0 radical (unpaired) electrons. The van der Waals surface area contributed by atoms with E-state index in [1.807, 2.05) is 6.92 Å². The first-order valence-corrected chi connectivity index (χ1v) is 10.2. The number of ether oxygens (including phenoxy) is 1. The molecule has 0 saturated carbocycles. The van der Waals surface area contributed by atoms with Gasteiger partial charge in [0.25, 0.3) is 0 Å². The lowest BCUT2D eigenvalue weighted by Crippen LogP contribution is -2.54. The zero-order chi connectivity index (χ0) is 17.9. The van der Waals surface area contributed by atoms with Crippen LogP contribution in [0.15, 0.2) is 24.3 Å². The molecular formula is C22H28N2O2. The largest absolute Gasteiger partial charge is 0.464 e. The Morgan fingerprint density at radius 3 is 2.92 bits per heavy atom. The Morgan fingerprint density at radius 1 is 1.27 bits per heavy atom. The molecule has 3 aliphatic heterocycles. The standard InChI is InChI=1S/C22H28N2O2/c1-3-22-11-7-12-23-13-10-16-15-8-5-6-9-17(15)24(19(16)20(22)23)18(14-22)21(25)26-4-2/h5-6,8-9,18,20H,3-4,7,10-14H2,1-2H3/t18-,20-,22-/m0/s1. The number of carbonyl (C=O) groups excluding carboxylic acids is 1. The predicted molar refractivity (Wildman–Crippen MR) is 102 cm³/mol. The van der Waals surface area contributed by atoms with Crippen molar-refractivity contribution in [2.75, 3.05) is 19.7 Å². The van der Waals surface area contributed by atoms with Crippen molar-refractivity contribution in [1.29, 1.82) is 0 Å². The van der Waals surface area contributed by atoms with Crippen LogP contribution in [-0.4, -0.2) is 35.1 Å². The number of hydrogen-bond donors (Lipinski definition) is 0. The van der Waals surface area contributed by atoms with Gasteiger partial charge in [0, 0.05) is 23.1 Å². The molecule has 0 aliphatic carbocycles. The molecule has 1 aromatic heterocycles. The summed E-state index contributed by atoms with van der Waals surface area (Å²) in [7, 11) is 0. The van der Waals surface area contributed by atoms with E-state index in [-0.39, 0.29) is 17.4 Å². The number of esters is 1. The minimum absolute atomic E-state index is 0.0509. The number of piperidine rings is 1. The van der Waals surface area contributed by atoms with Gasteiger partial charge in [0.2, 0.25) is 0 Å². The van der Waals surface area contributed by atoms with Crippen LogP contribution in [0.25, 0.3) is 10.9 Å². The fourth-order valence-electron chi connectivity index (χ4n) is 6.13. The van der Waals surface area contributed by atoms with Gasteiger partial charge in [-0.25, -0.2) is 4.79 Å². The number of nitrogens with zero attached hydrogens (tertiary/aromatic N) is 2. The minimum Gasteiger partial charge on any atom is -0.464 e. The highest BCUT2D eigenvalue weighted by Gasteiger charge is 2.54. The summed E-state index contributed by atoms with van der Waals surface area (Å²) in [4.78, 5) is 15.7. The summed E-state index contributed by atoms with van der Waals surface area (Å²) in [6.07, 6.45) is 5.60. The van der Waals surface area contributed by atoms with Crippen LogP contribution in [0.5, 0.6) is 0 Å². The van der Waals surface area contributed by atoms with Gasteiger partial charge in [-0.1, -0.05) is 25.1 Å². The molecule has 1 aromatic carbocycles. The summed E-state index contributed by atoms with van der Waals surface area (Å²) in [5, 5.41) is 1.34. The van der Waals surface area contributed by atoms with Crippen molar-refractivity contribution in [2.45, 2.75) is 58.0 Å². The molecule has 138 valence electrons. The molecule has 1 fully saturated rings. The van der Waals surface area contributed by atoms with E-state index < -0.39 is 0 Å². The first kappa shape index (κ1) is 16.4. The van der Waals surface area contributed by atoms with E-state index in [9.17, 15) is 4.79 Å². The molecule has 3 atom stereocenters. The van der Waals surface area contributed by atoms with Crippen molar-refractivity contribution in [1.82, 2.24) is 9.47 Å². The van der Waals surface area contributed by atoms with Crippen LogP contribution >= 0.6 is 0 Å². The molecular weight excluding hydrogens is 324 g/mol. The van der Waals surface area contributed by atoms with Crippen molar-refractivity contribution in [3.63, 3.8) is 0 Å². The fourth-order valence-corrected chi connectivity index (χ4v) is 6.13. The number of hydrogen-bond acceptors (Lipinski definition) is 3. The van der Waals surface area contributed by atoms with Gasteiger partial charge < -0.3 is 9.30 Å². The van der Waals surface area contributed by atoms with Crippen molar-refractivity contribution < 1.29 is 9.53 Å². The number of fused-ring (bicyclic) bond motifs is 3. The Balaban J connectivity index is 1.80. The van der Waals surface area contributed by atoms with E-state index in [1.165, 1.54) is 41.5 Å². The summed E-state index contributed by atoms with van der Waals surface area (Å²) in [5.74, 6) is -0.0509. The van der Waals surface area contributed by atoms with Crippen molar-refractivity contribution in [3.05, 3.63) is 35.5 Å². The monoisotopic (exact) mass is 352 g/mol. The smallest absolute Gasteiger partial charge is 0.329 e. The quantitative estimate of drug-likeness (QED) is 0.775. The lowest BCUT2D eigenvalue weighted by atomic mass is 9.63. The van der Waals surface area contributed by atoms with Gasteiger partial charge in [0.15, 0.2) is 0 Å². The first-order valence-electron chi connectivity index (χ1n) is 10.2. The lowest BCUT2D eigenvalue weighted by Gasteiger charge is -2.56. The number of benzene rings is 1. The minimum atomic E-state index is -0.183. The second-order valence-electron chi connectivity index (χ2n) is 8.23. The zero-order valence-corrected chi connectivity index (χ0v) is 15.8. The molecule has 4 heterocycles. The number of para-hydroxylation sites is 1. The van der Waals surface area contributed by atoms with Gasteiger partial charge in [0.05, 0.1) is 12.6 Å². The Bertz CT molecular complexity index is 870. The summed E-state index contributed by atoms with van der Waals surface area (Å²) in [5.41, 5.74) is 4.32. The van der Waals surface area contributed by atoms with E-state index in [1.54, 1.807) is 0 Å². The van der Waals surface area contributed by atoms with Gasteiger partial charge in [-0.2, -0.15) is 0 Å². The molecule has 26 heavy (non-hydrogen) atoms. The van der Waals surface area contributed by atoms with E-state index >= 15 is 0 Å². The van der Waals surface area contributed by atoms with Crippen LogP contribution in [0.1, 0.15) is 62.9 Å². The Morgan fingerprint density at radius 2 is 2.12 bits per heavy atom. The van der Waals surface area contributed by atoms with Crippen LogP contribution in [0, 0.1) is 5.41 Å². The van der Waals surface area contributed by atoms with Gasteiger partial charge in [-0.15, -0.1) is 0 Å². The third-order valence-corrected chi connectivity index (χ3v) is 7.20. The van der Waals surface area contributed by atoms with Gasteiger partial charge in [0.1, 0.15) is 6.04 Å². The molecule has 0 unspecified atom stereocenters. The molecule has 4 heteroatoms. The molecule has 0 spiro atoms. The number of carbonyl (C=O) groups is 1. The van der Waals surface area contributed by atoms with E-state index in [0.717, 1.165) is 25.8 Å². The van der Waals surface area contributed by atoms with Crippen LogP contribution in [0.2, 0.25) is 0 Å². The second-order valence-corrected chi connectivity index (χ2v) is 8.23. The SMILES string of the molecule is CCOC(=O)[C@@H]1C[C@]2(CC)CCCN3CCc4c(n1c1ccccc41)[C@H]32. The maximum Gasteiger partial charge on any atom is 0.329 e. The Kier molecular flexibility index (Phi) is 3.68. The third kappa shape index (κ3) is 2.02. The fraction of sp³-hybridized carbons (Fsp3) is 0.591. The Hall–Kier alpha value is -1.81. The van der Waals surface area contributed by atoms with E-state index in [0.29, 0.717) is 12.6 Å². The van der Waals surface area contributed by atoms with Crippen molar-refractivity contribution >= 4 is 16.9 Å². The van der Waals surface area contributed by atoms with Crippen LogP contribution in [-0.2, 0) is 16.0 Å². The molecule has 0 amide bonds. The van der Waals surface area contributed by atoms with E-state index in [4.69, 9.17) is 4.74 Å². The average molecular weight is 352 g/mol. The van der Waals surface area contributed by atoms with Crippen LogP contribution in [0.3, 0.4) is 0 Å². The molecule has 4 nitrogen and oxygen atoms in total. The molecule has 0 N–H and O–H groups in total. The molecule has 0 bridgehead atoms. The third-order valence-electron chi connectivity index (χ3n) is 7.20. The van der Waals surface area contributed by atoms with E-state index in [2.05, 4.69) is 40.7 Å². The van der Waals surface area contributed by atoms with Crippen molar-refractivity contribution in [2.24, 2.45) is 5.41 Å². The molecule has 3 aliphatic rings. The molecule has 1 saturated heterocycles. The summed E-state index contributed by atoms with van der Waals surface area (Å²) >= 11 is 0. The maximum absolute atomic E-state index is 13.0. The first-order chi connectivity index (χ1) is 12.7. The van der Waals surface area contributed by atoms with Gasteiger partial charge in [-0.05, 0) is 62.6 Å². The zero-order valence-electron chi connectivity index (χ0n) is 15.8. The Labute approximate surface area is 155 Å². The maximum atomic E-state index is 13.0. The average Bonchev–Trinajstić information content (AvgIpc) is 3.02. The number of aromatic nitrogens is 1. The summed E-state index contributed by atoms with van der Waals surface area (Å²) < 4.78 is 7.90. The second kappa shape index (κ2) is 5.85. The molecule has 5 rings (SSSR count). The summed E-state index contributed by atoms with van der Waals surface area (Å²) in [6, 6.07) is 8.93. The number of rotatable bonds is 3. The predicted octanol–water partition coefficient (Wildman–Crippen LogP) is 4.24. The summed E-state index contributed by atoms with van der Waals surface area (Å²) in [6.45, 7) is 7.02. The van der Waals surface area contributed by atoms with Crippen molar-refractivity contribution in [3.8, 4) is 0 Å². The highest BCUT2D eigenvalue weighted by Crippen LogP contribution is 2.59. The highest BCUT2D eigenvalue weighted by molar-refractivity contribution is 5.89. The molecule has 2 aromatic rings. The van der Waals surface area contributed by atoms with Gasteiger partial charge in [-0.3, -0.25) is 4.90 Å². The van der Waals surface area contributed by atoms with Crippen LogP contribution in [0.4, 0.5) is 0 Å². The topological polar surface area (TPSA) is 34.5 Å². The highest BCUT2D eigenvalue weighted by atomic mass is 16.5. The van der Waals surface area contributed by atoms with Crippen LogP contribution < -0.4 is 0 Å². The normalized spacial score (nSPS) is 30.2. The van der Waals surface area contributed by atoms with Gasteiger partial charge >= 0.3 is 5.97 Å². The lowest BCUT2D eigenvalue weighted by molar-refractivity contribution is -0.151.